The quantitative estimate of drug-likeness (QED) is 0.584. The highest BCUT2D eigenvalue weighted by Gasteiger charge is 2.40. The SMILES string of the molecule is Cc1ccc(S(=O)(=O)N[C@@H]2CNC(=O)c3[nH]c4ccccc4c3[C@H]2N2CCCC2)cc1. The highest BCUT2D eigenvalue weighted by Crippen LogP contribution is 2.37. The molecule has 5 rings (SSSR count). The minimum atomic E-state index is -3.75. The molecule has 2 aliphatic rings. The number of aryl methyl sites for hydroxylation is 1. The third kappa shape index (κ3) is 3.64. The van der Waals surface area contributed by atoms with Gasteiger partial charge in [-0.1, -0.05) is 35.9 Å². The summed E-state index contributed by atoms with van der Waals surface area (Å²) in [5, 5.41) is 3.89. The van der Waals surface area contributed by atoms with Crippen LogP contribution in [0.5, 0.6) is 0 Å². The Morgan fingerprint density at radius 1 is 1.03 bits per heavy atom. The number of amides is 1. The van der Waals surface area contributed by atoms with E-state index in [2.05, 4.69) is 19.9 Å². The molecule has 1 amide bonds. The van der Waals surface area contributed by atoms with Gasteiger partial charge in [-0.25, -0.2) is 13.1 Å². The molecule has 0 spiro atoms. The molecule has 2 atom stereocenters. The lowest BCUT2D eigenvalue weighted by Crippen LogP contribution is -2.49. The molecular formula is C23H26N4O3S. The van der Waals surface area contributed by atoms with Crippen LogP contribution in [0.3, 0.4) is 0 Å². The Balaban J connectivity index is 1.61. The maximum absolute atomic E-state index is 13.2. The van der Waals surface area contributed by atoms with Crippen LogP contribution in [0.4, 0.5) is 0 Å². The van der Waals surface area contributed by atoms with Gasteiger partial charge in [0, 0.05) is 23.0 Å². The molecule has 0 saturated carbocycles. The summed E-state index contributed by atoms with van der Waals surface area (Å²) >= 11 is 0. The van der Waals surface area contributed by atoms with Gasteiger partial charge in [0.2, 0.25) is 10.0 Å². The summed E-state index contributed by atoms with van der Waals surface area (Å²) in [6.45, 7) is 3.90. The number of para-hydroxylation sites is 1. The van der Waals surface area contributed by atoms with Crippen LogP contribution in [0.15, 0.2) is 53.4 Å². The summed E-state index contributed by atoms with van der Waals surface area (Å²) in [6.07, 6.45) is 2.12. The maximum Gasteiger partial charge on any atom is 0.268 e. The number of nitrogens with one attached hydrogen (secondary N) is 3. The number of fused-ring (bicyclic) bond motifs is 3. The molecule has 31 heavy (non-hydrogen) atoms. The van der Waals surface area contributed by atoms with E-state index in [0.717, 1.165) is 48.0 Å². The molecule has 1 aromatic heterocycles. The Morgan fingerprint density at radius 2 is 1.74 bits per heavy atom. The second kappa shape index (κ2) is 7.78. The van der Waals surface area contributed by atoms with Gasteiger partial charge in [0.15, 0.2) is 0 Å². The lowest BCUT2D eigenvalue weighted by molar-refractivity contribution is 0.0949. The van der Waals surface area contributed by atoms with Gasteiger partial charge in [-0.15, -0.1) is 0 Å². The minimum Gasteiger partial charge on any atom is -0.350 e. The lowest BCUT2D eigenvalue weighted by Gasteiger charge is -2.34. The summed E-state index contributed by atoms with van der Waals surface area (Å²) in [7, 11) is -3.75. The van der Waals surface area contributed by atoms with Gasteiger partial charge in [0.25, 0.3) is 5.91 Å². The molecule has 8 heteroatoms. The molecule has 0 radical (unpaired) electrons. The zero-order valence-electron chi connectivity index (χ0n) is 17.4. The van der Waals surface area contributed by atoms with Gasteiger partial charge in [-0.3, -0.25) is 9.69 Å². The van der Waals surface area contributed by atoms with Crippen molar-refractivity contribution in [2.24, 2.45) is 0 Å². The van der Waals surface area contributed by atoms with Crippen molar-refractivity contribution < 1.29 is 13.2 Å². The molecule has 2 aromatic carbocycles. The van der Waals surface area contributed by atoms with Crippen molar-refractivity contribution in [3.63, 3.8) is 0 Å². The van der Waals surface area contributed by atoms with E-state index in [1.807, 2.05) is 31.2 Å². The highest BCUT2D eigenvalue weighted by molar-refractivity contribution is 7.89. The Morgan fingerprint density at radius 3 is 2.48 bits per heavy atom. The van der Waals surface area contributed by atoms with Crippen molar-refractivity contribution in [1.29, 1.82) is 0 Å². The smallest absolute Gasteiger partial charge is 0.268 e. The largest absolute Gasteiger partial charge is 0.350 e. The van der Waals surface area contributed by atoms with Gasteiger partial charge in [-0.2, -0.15) is 0 Å². The van der Waals surface area contributed by atoms with E-state index in [9.17, 15) is 13.2 Å². The van der Waals surface area contributed by atoms with E-state index < -0.39 is 16.1 Å². The molecule has 3 heterocycles. The van der Waals surface area contributed by atoms with Crippen LogP contribution in [-0.2, 0) is 10.0 Å². The molecule has 0 aliphatic carbocycles. The second-order valence-electron chi connectivity index (χ2n) is 8.40. The topological polar surface area (TPSA) is 94.3 Å². The maximum atomic E-state index is 13.2. The lowest BCUT2D eigenvalue weighted by atomic mass is 9.96. The summed E-state index contributed by atoms with van der Waals surface area (Å²) in [6, 6.07) is 13.9. The molecule has 2 aliphatic heterocycles. The van der Waals surface area contributed by atoms with Crippen molar-refractivity contribution in [1.82, 2.24) is 19.9 Å². The number of aromatic nitrogens is 1. The number of hydrogen-bond acceptors (Lipinski definition) is 4. The van der Waals surface area contributed by atoms with Crippen LogP contribution in [0.2, 0.25) is 0 Å². The third-order valence-corrected chi connectivity index (χ3v) is 7.81. The second-order valence-corrected chi connectivity index (χ2v) is 10.1. The normalized spacial score (nSPS) is 22.3. The Bertz CT molecular complexity index is 1230. The fourth-order valence-corrected chi connectivity index (χ4v) is 6.04. The van der Waals surface area contributed by atoms with Crippen molar-refractivity contribution in [2.45, 2.75) is 36.7 Å². The van der Waals surface area contributed by atoms with Crippen LogP contribution in [-0.4, -0.2) is 49.9 Å². The average Bonchev–Trinajstić information content (AvgIpc) is 3.39. The molecule has 0 bridgehead atoms. The number of hydrogen-bond donors (Lipinski definition) is 3. The average molecular weight is 439 g/mol. The first-order valence-corrected chi connectivity index (χ1v) is 12.1. The Labute approximate surface area is 181 Å². The molecule has 1 fully saturated rings. The van der Waals surface area contributed by atoms with Crippen LogP contribution < -0.4 is 10.0 Å². The summed E-state index contributed by atoms with van der Waals surface area (Å²) in [4.78, 5) is 18.7. The van der Waals surface area contributed by atoms with Gasteiger partial charge in [-0.05, 0) is 51.1 Å². The van der Waals surface area contributed by atoms with E-state index in [4.69, 9.17) is 0 Å². The van der Waals surface area contributed by atoms with Crippen molar-refractivity contribution in [3.05, 3.63) is 65.4 Å². The van der Waals surface area contributed by atoms with E-state index in [1.165, 1.54) is 0 Å². The standard InChI is InChI=1S/C23H26N4O3S/c1-15-8-10-16(11-9-15)31(29,30)26-19-14-24-23(28)21-20(22(19)27-12-4-5-13-27)17-6-2-3-7-18(17)25-21/h2-3,6-11,19,22,25-26H,4-5,12-14H2,1H3,(H,24,28)/t19-,22+/m1/s1. The number of benzene rings is 2. The third-order valence-electron chi connectivity index (χ3n) is 6.30. The fourth-order valence-electron chi connectivity index (χ4n) is 4.80. The van der Waals surface area contributed by atoms with Crippen LogP contribution in [0.1, 0.15) is 40.5 Å². The molecule has 1 saturated heterocycles. The van der Waals surface area contributed by atoms with Crippen molar-refractivity contribution in [2.75, 3.05) is 19.6 Å². The molecule has 0 unspecified atom stereocenters. The van der Waals surface area contributed by atoms with Crippen LogP contribution >= 0.6 is 0 Å². The van der Waals surface area contributed by atoms with E-state index in [-0.39, 0.29) is 23.4 Å². The molecule has 162 valence electrons. The minimum absolute atomic E-state index is 0.201. The monoisotopic (exact) mass is 438 g/mol. The van der Waals surface area contributed by atoms with Crippen molar-refractivity contribution >= 4 is 26.8 Å². The zero-order valence-corrected chi connectivity index (χ0v) is 18.2. The number of nitrogens with zero attached hydrogens (tertiary/aromatic N) is 1. The fraction of sp³-hybridized carbons (Fsp3) is 0.348. The number of carbonyl (C=O) groups is 1. The predicted octanol–water partition coefficient (Wildman–Crippen LogP) is 2.70. The van der Waals surface area contributed by atoms with E-state index in [0.29, 0.717) is 5.69 Å². The van der Waals surface area contributed by atoms with Crippen molar-refractivity contribution in [3.8, 4) is 0 Å². The van der Waals surface area contributed by atoms with Gasteiger partial charge >= 0.3 is 0 Å². The van der Waals surface area contributed by atoms with Gasteiger partial charge < -0.3 is 10.3 Å². The summed E-state index contributed by atoms with van der Waals surface area (Å²) in [5.74, 6) is -0.201. The predicted molar refractivity (Wildman–Crippen MR) is 119 cm³/mol. The summed E-state index contributed by atoms with van der Waals surface area (Å²) < 4.78 is 29.4. The molecule has 3 N–H and O–H groups in total. The van der Waals surface area contributed by atoms with Crippen LogP contribution in [0, 0.1) is 6.92 Å². The Hall–Kier alpha value is -2.68. The zero-order chi connectivity index (χ0) is 21.6. The van der Waals surface area contributed by atoms with Gasteiger partial charge in [0.05, 0.1) is 17.0 Å². The number of sulfonamides is 1. The first-order valence-electron chi connectivity index (χ1n) is 10.7. The number of H-pyrrole nitrogens is 1. The number of carbonyl (C=O) groups excluding carboxylic acids is 1. The van der Waals surface area contributed by atoms with E-state index >= 15 is 0 Å². The molecular weight excluding hydrogens is 412 g/mol. The van der Waals surface area contributed by atoms with Gasteiger partial charge in [0.1, 0.15) is 5.69 Å². The summed E-state index contributed by atoms with van der Waals surface area (Å²) in [5.41, 5.74) is 3.28. The first kappa shape index (κ1) is 20.2. The highest BCUT2D eigenvalue weighted by atomic mass is 32.2. The van der Waals surface area contributed by atoms with Crippen LogP contribution in [0.25, 0.3) is 10.9 Å². The molecule has 3 aromatic rings. The number of aromatic amines is 1. The first-order chi connectivity index (χ1) is 14.9. The van der Waals surface area contributed by atoms with E-state index in [1.54, 1.807) is 24.3 Å². The molecule has 7 nitrogen and oxygen atoms in total. The Kier molecular flexibility index (Phi) is 5.08. The number of rotatable bonds is 4. The number of likely N-dealkylation sites (tertiary alicyclic amines) is 1.